The topological polar surface area (TPSA) is 41.1 Å². The number of carbonyl (C=O) groups excluding carboxylic acids is 1. The van der Waals surface area contributed by atoms with Crippen LogP contribution in [0.3, 0.4) is 0 Å². The Hall–Kier alpha value is -0.830. The predicted octanol–water partition coefficient (Wildman–Crippen LogP) is 1.85. The lowest BCUT2D eigenvalue weighted by Crippen LogP contribution is -2.41. The molecular weight excluding hydrogens is 212 g/mol. The van der Waals surface area contributed by atoms with Crippen molar-refractivity contribution in [1.29, 1.82) is 0 Å². The zero-order chi connectivity index (χ0) is 12.4. The van der Waals surface area contributed by atoms with Crippen molar-refractivity contribution >= 4 is 5.91 Å². The number of hydrogen-bond acceptors (Lipinski definition) is 2. The Kier molecular flexibility index (Phi) is 3.87. The molecule has 0 bridgehead atoms. The summed E-state index contributed by atoms with van der Waals surface area (Å²) in [6.45, 7) is 8.24. The Labute approximate surface area is 104 Å². The second-order valence-electron chi connectivity index (χ2n) is 5.52. The van der Waals surface area contributed by atoms with Crippen molar-refractivity contribution in [3.8, 4) is 0 Å². The first-order valence-corrected chi connectivity index (χ1v) is 6.83. The summed E-state index contributed by atoms with van der Waals surface area (Å²) >= 11 is 0. The fourth-order valence-electron chi connectivity index (χ4n) is 2.98. The van der Waals surface area contributed by atoms with Crippen molar-refractivity contribution < 1.29 is 4.79 Å². The summed E-state index contributed by atoms with van der Waals surface area (Å²) in [7, 11) is 0. The van der Waals surface area contributed by atoms with Gasteiger partial charge in [-0.15, -0.1) is 0 Å². The summed E-state index contributed by atoms with van der Waals surface area (Å²) in [5.41, 5.74) is 2.19. The summed E-state index contributed by atoms with van der Waals surface area (Å²) in [6.07, 6.45) is 3.64. The molecule has 0 aromatic rings. The fraction of sp³-hybridized carbons (Fsp3) is 0.786. The molecule has 0 spiro atoms. The third-order valence-electron chi connectivity index (χ3n) is 4.62. The molecule has 1 amide bonds. The van der Waals surface area contributed by atoms with E-state index in [1.54, 1.807) is 0 Å². The number of carbonyl (C=O) groups is 1. The highest BCUT2D eigenvalue weighted by molar-refractivity contribution is 5.94. The van der Waals surface area contributed by atoms with E-state index in [1.165, 1.54) is 18.4 Å². The van der Waals surface area contributed by atoms with E-state index < -0.39 is 0 Å². The number of hydrogen-bond donors (Lipinski definition) is 2. The molecule has 1 heterocycles. The quantitative estimate of drug-likeness (QED) is 0.734. The van der Waals surface area contributed by atoms with Crippen molar-refractivity contribution in [3.63, 3.8) is 0 Å². The van der Waals surface area contributed by atoms with E-state index in [0.717, 1.165) is 31.0 Å². The monoisotopic (exact) mass is 236 g/mol. The molecule has 1 saturated heterocycles. The standard InChI is InChI=1S/C14H24N2O/c1-4-11-5-6-13(9(11)2)16-14(17)10(3)12-7-15-8-12/h9,11,13,15H,4-8H2,1-3H3,(H,16,17). The highest BCUT2D eigenvalue weighted by atomic mass is 16.1. The molecule has 1 aliphatic carbocycles. The Morgan fingerprint density at radius 1 is 1.41 bits per heavy atom. The molecule has 96 valence electrons. The Bertz CT molecular complexity index is 329. The summed E-state index contributed by atoms with van der Waals surface area (Å²) in [5.74, 6) is 1.56. The van der Waals surface area contributed by atoms with Gasteiger partial charge in [-0.3, -0.25) is 4.79 Å². The van der Waals surface area contributed by atoms with Gasteiger partial charge < -0.3 is 10.6 Å². The summed E-state index contributed by atoms with van der Waals surface area (Å²) in [6, 6.07) is 0.385. The van der Waals surface area contributed by atoms with Gasteiger partial charge in [-0.2, -0.15) is 0 Å². The molecule has 0 radical (unpaired) electrons. The molecule has 3 atom stereocenters. The smallest absolute Gasteiger partial charge is 0.247 e. The fourth-order valence-corrected chi connectivity index (χ4v) is 2.98. The van der Waals surface area contributed by atoms with E-state index in [4.69, 9.17) is 0 Å². The van der Waals surface area contributed by atoms with Crippen LogP contribution >= 0.6 is 0 Å². The van der Waals surface area contributed by atoms with Crippen LogP contribution < -0.4 is 10.6 Å². The van der Waals surface area contributed by atoms with Crippen LogP contribution in [-0.4, -0.2) is 25.0 Å². The molecule has 17 heavy (non-hydrogen) atoms. The molecular formula is C14H24N2O. The van der Waals surface area contributed by atoms with Gasteiger partial charge in [-0.1, -0.05) is 20.3 Å². The minimum Gasteiger partial charge on any atom is -0.349 e. The normalized spacial score (nSPS) is 32.2. The highest BCUT2D eigenvalue weighted by Crippen LogP contribution is 2.34. The van der Waals surface area contributed by atoms with Crippen LogP contribution in [0.5, 0.6) is 0 Å². The van der Waals surface area contributed by atoms with Crippen LogP contribution in [-0.2, 0) is 4.79 Å². The molecule has 2 fully saturated rings. The molecule has 1 saturated carbocycles. The molecule has 3 heteroatoms. The van der Waals surface area contributed by atoms with Gasteiger partial charge >= 0.3 is 0 Å². The van der Waals surface area contributed by atoms with Gasteiger partial charge in [-0.05, 0) is 37.2 Å². The van der Waals surface area contributed by atoms with Gasteiger partial charge in [0.2, 0.25) is 5.91 Å². The van der Waals surface area contributed by atoms with E-state index in [1.807, 2.05) is 6.92 Å². The molecule has 2 rings (SSSR count). The maximum absolute atomic E-state index is 12.1. The molecule has 3 unspecified atom stereocenters. The van der Waals surface area contributed by atoms with E-state index in [9.17, 15) is 4.79 Å². The average molecular weight is 236 g/mol. The van der Waals surface area contributed by atoms with Crippen molar-refractivity contribution in [2.75, 3.05) is 13.1 Å². The molecule has 1 aliphatic heterocycles. The molecule has 2 N–H and O–H groups in total. The van der Waals surface area contributed by atoms with Gasteiger partial charge in [-0.25, -0.2) is 0 Å². The second kappa shape index (κ2) is 5.21. The molecule has 2 aliphatic rings. The SMILES string of the molecule is CCC1CCC(NC(=O)C(C)=C2CNC2)C1C. The van der Waals surface area contributed by atoms with Crippen molar-refractivity contribution in [2.45, 2.75) is 46.1 Å². The van der Waals surface area contributed by atoms with Crippen LogP contribution in [0.15, 0.2) is 11.1 Å². The highest BCUT2D eigenvalue weighted by Gasteiger charge is 2.32. The second-order valence-corrected chi connectivity index (χ2v) is 5.52. The minimum atomic E-state index is 0.148. The van der Waals surface area contributed by atoms with Crippen LogP contribution in [0.4, 0.5) is 0 Å². The Morgan fingerprint density at radius 2 is 2.12 bits per heavy atom. The van der Waals surface area contributed by atoms with Gasteiger partial charge in [0.05, 0.1) is 0 Å². The van der Waals surface area contributed by atoms with Gasteiger partial charge in [0, 0.05) is 24.7 Å². The Morgan fingerprint density at radius 3 is 2.59 bits per heavy atom. The zero-order valence-corrected chi connectivity index (χ0v) is 11.2. The van der Waals surface area contributed by atoms with E-state index >= 15 is 0 Å². The lowest BCUT2D eigenvalue weighted by molar-refractivity contribution is -0.118. The number of rotatable bonds is 3. The van der Waals surface area contributed by atoms with Crippen molar-refractivity contribution in [2.24, 2.45) is 11.8 Å². The van der Waals surface area contributed by atoms with E-state index in [2.05, 4.69) is 24.5 Å². The minimum absolute atomic E-state index is 0.148. The summed E-state index contributed by atoms with van der Waals surface area (Å²) in [5, 5.41) is 6.39. The first-order chi connectivity index (χ1) is 8.13. The first-order valence-electron chi connectivity index (χ1n) is 6.83. The third kappa shape index (κ3) is 2.54. The number of amides is 1. The van der Waals surface area contributed by atoms with Crippen LogP contribution in [0.2, 0.25) is 0 Å². The van der Waals surface area contributed by atoms with Crippen molar-refractivity contribution in [1.82, 2.24) is 10.6 Å². The van der Waals surface area contributed by atoms with Gasteiger partial charge in [0.25, 0.3) is 0 Å². The zero-order valence-electron chi connectivity index (χ0n) is 11.2. The van der Waals surface area contributed by atoms with Crippen LogP contribution in [0.25, 0.3) is 0 Å². The van der Waals surface area contributed by atoms with E-state index in [-0.39, 0.29) is 5.91 Å². The molecule has 0 aromatic carbocycles. The lowest BCUT2D eigenvalue weighted by atomic mass is 9.93. The number of nitrogens with one attached hydrogen (secondary N) is 2. The maximum Gasteiger partial charge on any atom is 0.247 e. The van der Waals surface area contributed by atoms with Gasteiger partial charge in [0.1, 0.15) is 0 Å². The van der Waals surface area contributed by atoms with Crippen LogP contribution in [0.1, 0.15) is 40.0 Å². The van der Waals surface area contributed by atoms with Gasteiger partial charge in [0.15, 0.2) is 0 Å². The van der Waals surface area contributed by atoms with Crippen LogP contribution in [0, 0.1) is 11.8 Å². The maximum atomic E-state index is 12.1. The lowest BCUT2D eigenvalue weighted by Gasteiger charge is -2.24. The summed E-state index contributed by atoms with van der Waals surface area (Å²) < 4.78 is 0. The van der Waals surface area contributed by atoms with Crippen molar-refractivity contribution in [3.05, 3.63) is 11.1 Å². The largest absolute Gasteiger partial charge is 0.349 e. The molecule has 3 nitrogen and oxygen atoms in total. The first kappa shape index (κ1) is 12.6. The third-order valence-corrected chi connectivity index (χ3v) is 4.62. The van der Waals surface area contributed by atoms with E-state index in [0.29, 0.717) is 12.0 Å². The molecule has 0 aromatic heterocycles. The average Bonchev–Trinajstić information content (AvgIpc) is 2.57. The predicted molar refractivity (Wildman–Crippen MR) is 69.7 cm³/mol. The summed E-state index contributed by atoms with van der Waals surface area (Å²) in [4.78, 5) is 12.1. The Balaban J connectivity index is 1.91.